The maximum atomic E-state index is 9.02. The minimum atomic E-state index is -0.291. The molecule has 0 aliphatic heterocycles. The number of thiophene rings is 1. The van der Waals surface area contributed by atoms with Crippen LogP contribution in [0.3, 0.4) is 0 Å². The summed E-state index contributed by atoms with van der Waals surface area (Å²) in [6.45, 7) is 3.18. The maximum absolute atomic E-state index is 9.02. The molecule has 0 fully saturated rings. The van der Waals surface area contributed by atoms with E-state index in [-0.39, 0.29) is 6.10 Å². The van der Waals surface area contributed by atoms with Crippen molar-refractivity contribution in [3.05, 3.63) is 19.2 Å². The Kier molecular flexibility index (Phi) is 4.89. The Morgan fingerprint density at radius 2 is 2.31 bits per heavy atom. The zero-order valence-corrected chi connectivity index (χ0v) is 11.2. The van der Waals surface area contributed by atoms with Crippen molar-refractivity contribution in [2.24, 2.45) is 0 Å². The van der Waals surface area contributed by atoms with E-state index in [9.17, 15) is 0 Å². The lowest BCUT2D eigenvalue weighted by Crippen LogP contribution is -2.23. The molecule has 1 aromatic heterocycles. The van der Waals surface area contributed by atoms with Gasteiger partial charge in [0.2, 0.25) is 0 Å². The van der Waals surface area contributed by atoms with Crippen molar-refractivity contribution in [3.8, 4) is 0 Å². The number of hydrogen-bond acceptors (Lipinski definition) is 3. The second-order valence-electron chi connectivity index (χ2n) is 2.83. The number of aliphatic hydroxyl groups is 1. The van der Waals surface area contributed by atoms with E-state index in [1.165, 1.54) is 5.56 Å². The molecule has 2 nitrogen and oxygen atoms in total. The fourth-order valence-corrected chi connectivity index (χ4v) is 3.74. The van der Waals surface area contributed by atoms with Crippen molar-refractivity contribution in [3.63, 3.8) is 0 Å². The summed E-state index contributed by atoms with van der Waals surface area (Å²) in [6.07, 6.45) is -0.291. The van der Waals surface area contributed by atoms with Crippen LogP contribution in [-0.4, -0.2) is 17.8 Å². The van der Waals surface area contributed by atoms with Crippen molar-refractivity contribution in [1.29, 1.82) is 0 Å². The first-order valence-corrected chi connectivity index (χ1v) is 6.32. The van der Waals surface area contributed by atoms with Gasteiger partial charge in [-0.15, -0.1) is 11.3 Å². The maximum Gasteiger partial charge on any atom is 0.0755 e. The summed E-state index contributed by atoms with van der Waals surface area (Å²) in [7, 11) is 0. The van der Waals surface area contributed by atoms with Crippen LogP contribution in [0.2, 0.25) is 0 Å². The molecular weight excluding hydrogens is 318 g/mol. The zero-order valence-electron chi connectivity index (χ0n) is 7.18. The first kappa shape index (κ1) is 11.7. The second-order valence-corrected chi connectivity index (χ2v) is 6.58. The van der Waals surface area contributed by atoms with Gasteiger partial charge in [0.05, 0.1) is 13.7 Å². The van der Waals surface area contributed by atoms with E-state index in [1.54, 1.807) is 18.3 Å². The van der Waals surface area contributed by atoms with E-state index in [0.717, 1.165) is 14.1 Å². The predicted octanol–water partition coefficient (Wildman–Crippen LogP) is 2.74. The van der Waals surface area contributed by atoms with Gasteiger partial charge in [-0.2, -0.15) is 0 Å². The molecule has 0 aliphatic carbocycles. The third-order valence-electron chi connectivity index (χ3n) is 1.48. The second kappa shape index (κ2) is 5.46. The van der Waals surface area contributed by atoms with Gasteiger partial charge in [0.1, 0.15) is 0 Å². The van der Waals surface area contributed by atoms with Crippen LogP contribution >= 0.6 is 43.2 Å². The lowest BCUT2D eigenvalue weighted by Gasteiger charge is -2.05. The fraction of sp³-hybridized carbons (Fsp3) is 0.500. The predicted molar refractivity (Wildman–Crippen MR) is 63.1 cm³/mol. The highest BCUT2D eigenvalue weighted by molar-refractivity contribution is 9.12. The molecule has 1 atom stereocenters. The molecule has 0 amide bonds. The average molecular weight is 329 g/mol. The van der Waals surface area contributed by atoms with Crippen LogP contribution in [0.5, 0.6) is 0 Å². The van der Waals surface area contributed by atoms with Crippen molar-refractivity contribution in [1.82, 2.24) is 5.32 Å². The summed E-state index contributed by atoms with van der Waals surface area (Å²) in [5.74, 6) is 0. The fourth-order valence-electron chi connectivity index (χ4n) is 0.911. The Hall–Kier alpha value is 0.580. The largest absolute Gasteiger partial charge is 0.392 e. The van der Waals surface area contributed by atoms with Crippen LogP contribution in [0, 0.1) is 0 Å². The minimum Gasteiger partial charge on any atom is -0.392 e. The highest BCUT2D eigenvalue weighted by Crippen LogP contribution is 2.31. The number of nitrogens with one attached hydrogen (secondary N) is 1. The Labute approximate surface area is 98.6 Å². The molecule has 1 rings (SSSR count). The van der Waals surface area contributed by atoms with Gasteiger partial charge >= 0.3 is 0 Å². The van der Waals surface area contributed by atoms with Crippen LogP contribution in [0.4, 0.5) is 0 Å². The first-order chi connectivity index (χ1) is 6.09. The summed E-state index contributed by atoms with van der Waals surface area (Å²) >= 11 is 8.54. The van der Waals surface area contributed by atoms with Crippen LogP contribution in [0.1, 0.15) is 12.5 Å². The monoisotopic (exact) mass is 327 g/mol. The summed E-state index contributed by atoms with van der Waals surface area (Å²) in [5.41, 5.74) is 1.22. The van der Waals surface area contributed by atoms with Crippen LogP contribution in [0.15, 0.2) is 13.6 Å². The summed E-state index contributed by atoms with van der Waals surface area (Å²) < 4.78 is 2.26. The standard InChI is InChI=1S/C8H11Br2NOS/c1-5(12)3-11-4-6-2-7(9)13-8(6)10/h2,5,11-12H,3-4H2,1H3/t5-/m0/s1. The number of aliphatic hydroxyl groups excluding tert-OH is 1. The SMILES string of the molecule is C[C@H](O)CNCc1cc(Br)sc1Br. The van der Waals surface area contributed by atoms with Gasteiger partial charge in [-0.3, -0.25) is 0 Å². The minimum absolute atomic E-state index is 0.291. The Morgan fingerprint density at radius 3 is 2.77 bits per heavy atom. The van der Waals surface area contributed by atoms with Gasteiger partial charge in [0, 0.05) is 13.1 Å². The van der Waals surface area contributed by atoms with Gasteiger partial charge in [0.25, 0.3) is 0 Å². The van der Waals surface area contributed by atoms with Gasteiger partial charge in [-0.25, -0.2) is 0 Å². The molecule has 13 heavy (non-hydrogen) atoms. The van der Waals surface area contributed by atoms with Crippen LogP contribution in [0.25, 0.3) is 0 Å². The molecule has 1 aromatic rings. The number of rotatable bonds is 4. The molecule has 0 aromatic carbocycles. The summed E-state index contributed by atoms with van der Waals surface area (Å²) in [4.78, 5) is 0. The van der Waals surface area contributed by atoms with E-state index in [1.807, 2.05) is 0 Å². The van der Waals surface area contributed by atoms with E-state index < -0.39 is 0 Å². The van der Waals surface area contributed by atoms with Crippen LogP contribution < -0.4 is 5.32 Å². The molecule has 0 radical (unpaired) electrons. The first-order valence-electron chi connectivity index (χ1n) is 3.92. The normalized spacial score (nSPS) is 13.2. The van der Waals surface area contributed by atoms with Crippen molar-refractivity contribution >= 4 is 43.2 Å². The molecule has 2 N–H and O–H groups in total. The smallest absolute Gasteiger partial charge is 0.0755 e. The quantitative estimate of drug-likeness (QED) is 0.890. The molecule has 0 aliphatic rings. The van der Waals surface area contributed by atoms with E-state index in [0.29, 0.717) is 6.54 Å². The topological polar surface area (TPSA) is 32.3 Å². The molecule has 0 saturated heterocycles. The number of halogens is 2. The third kappa shape index (κ3) is 4.08. The van der Waals surface area contributed by atoms with Gasteiger partial charge < -0.3 is 10.4 Å². The summed E-state index contributed by atoms with van der Waals surface area (Å²) in [5, 5.41) is 12.2. The van der Waals surface area contributed by atoms with Crippen molar-refractivity contribution in [2.45, 2.75) is 19.6 Å². The number of hydrogen-bond donors (Lipinski definition) is 2. The van der Waals surface area contributed by atoms with Crippen molar-refractivity contribution in [2.75, 3.05) is 6.54 Å². The van der Waals surface area contributed by atoms with Crippen LogP contribution in [-0.2, 0) is 6.54 Å². The highest BCUT2D eigenvalue weighted by Gasteiger charge is 2.04. The van der Waals surface area contributed by atoms with Gasteiger partial charge in [-0.05, 0) is 50.4 Å². The zero-order chi connectivity index (χ0) is 9.84. The average Bonchev–Trinajstić information content (AvgIpc) is 2.29. The molecule has 74 valence electrons. The lowest BCUT2D eigenvalue weighted by atomic mass is 10.3. The van der Waals surface area contributed by atoms with E-state index >= 15 is 0 Å². The molecule has 1 heterocycles. The summed E-state index contributed by atoms with van der Waals surface area (Å²) in [6, 6.07) is 2.07. The molecular formula is C8H11Br2NOS. The molecule has 5 heteroatoms. The lowest BCUT2D eigenvalue weighted by molar-refractivity contribution is 0.191. The molecule has 0 spiro atoms. The Morgan fingerprint density at radius 1 is 1.62 bits per heavy atom. The molecule has 0 unspecified atom stereocenters. The Balaban J connectivity index is 2.40. The molecule has 0 bridgehead atoms. The molecule has 0 saturated carbocycles. The highest BCUT2D eigenvalue weighted by atomic mass is 79.9. The van der Waals surface area contributed by atoms with Gasteiger partial charge in [-0.1, -0.05) is 0 Å². The van der Waals surface area contributed by atoms with E-state index in [2.05, 4.69) is 43.2 Å². The Bertz CT molecular complexity index is 275. The third-order valence-corrected chi connectivity index (χ3v) is 3.95. The van der Waals surface area contributed by atoms with Crippen molar-refractivity contribution < 1.29 is 5.11 Å². The van der Waals surface area contributed by atoms with Gasteiger partial charge in [0.15, 0.2) is 0 Å². The van der Waals surface area contributed by atoms with E-state index in [4.69, 9.17) is 5.11 Å².